The van der Waals surface area contributed by atoms with Crippen LogP contribution < -0.4 is 20.4 Å². The van der Waals surface area contributed by atoms with Crippen molar-refractivity contribution in [2.45, 2.75) is 76.7 Å². The van der Waals surface area contributed by atoms with Crippen molar-refractivity contribution in [1.82, 2.24) is 35.1 Å². The van der Waals surface area contributed by atoms with Crippen LogP contribution in [0.15, 0.2) is 36.4 Å². The molecule has 4 fully saturated rings. The number of urea groups is 1. The first-order chi connectivity index (χ1) is 28.3. The predicted molar refractivity (Wildman–Crippen MR) is 215 cm³/mol. The number of nitrogens with one attached hydrogen (secondary N) is 2. The molecular formula is C42H50F2N10O5. The molecule has 0 radical (unpaired) electrons. The third-order valence-corrected chi connectivity index (χ3v) is 13.3. The Morgan fingerprint density at radius 3 is 2.46 bits per heavy atom. The maximum absolute atomic E-state index is 14.3. The summed E-state index contributed by atoms with van der Waals surface area (Å²) in [5, 5.41) is 24.5. The maximum atomic E-state index is 14.3. The molecule has 2 aromatic carbocycles. The van der Waals surface area contributed by atoms with E-state index in [9.17, 15) is 33.1 Å². The van der Waals surface area contributed by atoms with Crippen molar-refractivity contribution in [3.63, 3.8) is 0 Å². The molecule has 3 N–H and O–H groups in total. The van der Waals surface area contributed by atoms with E-state index < -0.39 is 34.9 Å². The second-order valence-corrected chi connectivity index (χ2v) is 17.4. The van der Waals surface area contributed by atoms with Gasteiger partial charge in [-0.25, -0.2) is 13.6 Å². The minimum atomic E-state index is -1.07. The molecular weight excluding hydrogens is 763 g/mol. The number of imide groups is 1. The number of amides is 5. The van der Waals surface area contributed by atoms with Crippen molar-refractivity contribution < 1.29 is 33.1 Å². The third-order valence-electron chi connectivity index (χ3n) is 13.3. The Hall–Kier alpha value is -5.58. The Morgan fingerprint density at radius 1 is 0.949 bits per heavy atom. The van der Waals surface area contributed by atoms with Crippen LogP contribution in [0.25, 0.3) is 11.3 Å². The molecule has 9 rings (SSSR count). The molecule has 17 heteroatoms. The first-order valence-electron chi connectivity index (χ1n) is 20.7. The summed E-state index contributed by atoms with van der Waals surface area (Å²) in [6, 6.07) is 8.79. The second kappa shape index (κ2) is 14.9. The van der Waals surface area contributed by atoms with E-state index in [4.69, 9.17) is 0 Å². The number of hydrogen-bond acceptors (Lipinski definition) is 11. The molecule has 1 aromatic heterocycles. The average molecular weight is 813 g/mol. The van der Waals surface area contributed by atoms with Crippen LogP contribution in [0.2, 0.25) is 0 Å². The van der Waals surface area contributed by atoms with Crippen LogP contribution in [0.3, 0.4) is 0 Å². The lowest BCUT2D eigenvalue weighted by molar-refractivity contribution is -0.136. The number of fused-ring (bicyclic) bond motifs is 4. The molecule has 0 saturated carbocycles. The van der Waals surface area contributed by atoms with Gasteiger partial charge in [-0.3, -0.25) is 24.6 Å². The lowest BCUT2D eigenvalue weighted by Crippen LogP contribution is -2.69. The van der Waals surface area contributed by atoms with Crippen molar-refractivity contribution >= 4 is 40.9 Å². The molecule has 0 aliphatic carbocycles. The molecule has 4 atom stereocenters. The van der Waals surface area contributed by atoms with Gasteiger partial charge in [-0.05, 0) is 75.8 Å². The number of piperidine rings is 2. The molecule has 4 saturated heterocycles. The van der Waals surface area contributed by atoms with Crippen molar-refractivity contribution in [3.05, 3.63) is 59.2 Å². The third kappa shape index (κ3) is 7.06. The smallest absolute Gasteiger partial charge is 0.320 e. The van der Waals surface area contributed by atoms with E-state index in [-0.39, 0.29) is 47.6 Å². The number of phenols is 1. The highest BCUT2D eigenvalue weighted by Crippen LogP contribution is 2.41. The van der Waals surface area contributed by atoms with Gasteiger partial charge in [0.1, 0.15) is 11.9 Å². The number of carbonyl (C=O) groups is 4. The number of aromatic nitrogens is 2. The van der Waals surface area contributed by atoms with Crippen molar-refractivity contribution in [3.8, 4) is 17.0 Å². The van der Waals surface area contributed by atoms with Crippen LogP contribution in [-0.4, -0.2) is 141 Å². The first-order valence-corrected chi connectivity index (χ1v) is 20.7. The molecule has 0 unspecified atom stereocenters. The fraction of sp³-hybridized carbons (Fsp3) is 0.524. The highest BCUT2D eigenvalue weighted by molar-refractivity contribution is 6.05. The number of halogens is 2. The van der Waals surface area contributed by atoms with Crippen LogP contribution in [0.1, 0.15) is 62.4 Å². The van der Waals surface area contributed by atoms with Gasteiger partial charge in [0.2, 0.25) is 11.8 Å². The fourth-order valence-electron chi connectivity index (χ4n) is 10.3. The van der Waals surface area contributed by atoms with Gasteiger partial charge >= 0.3 is 6.03 Å². The Bertz CT molecular complexity index is 2210. The zero-order valence-electron chi connectivity index (χ0n) is 33.6. The molecule has 3 aromatic rings. The van der Waals surface area contributed by atoms with E-state index in [1.54, 1.807) is 11.0 Å². The van der Waals surface area contributed by atoms with E-state index >= 15 is 0 Å². The highest BCUT2D eigenvalue weighted by Gasteiger charge is 2.46. The van der Waals surface area contributed by atoms with Gasteiger partial charge < -0.3 is 34.9 Å². The normalized spacial score (nSPS) is 26.4. The van der Waals surface area contributed by atoms with Gasteiger partial charge in [-0.2, -0.15) is 0 Å². The number of nitrogens with zero attached hydrogens (tertiary/aromatic N) is 8. The first kappa shape index (κ1) is 38.9. The number of piperazine rings is 2. The zero-order valence-corrected chi connectivity index (χ0v) is 33.6. The second-order valence-electron chi connectivity index (χ2n) is 17.4. The predicted octanol–water partition coefficient (Wildman–Crippen LogP) is 3.63. The summed E-state index contributed by atoms with van der Waals surface area (Å²) in [7, 11) is 0. The van der Waals surface area contributed by atoms with Gasteiger partial charge in [-0.1, -0.05) is 6.07 Å². The van der Waals surface area contributed by atoms with Gasteiger partial charge in [-0.15, -0.1) is 10.2 Å². The number of hydrogen-bond donors (Lipinski definition) is 3. The van der Waals surface area contributed by atoms with Crippen molar-refractivity contribution in [2.75, 3.05) is 74.0 Å². The maximum Gasteiger partial charge on any atom is 0.320 e. The molecule has 5 amide bonds. The summed E-state index contributed by atoms with van der Waals surface area (Å²) in [5.74, 6) is -2.40. The van der Waals surface area contributed by atoms with E-state index in [1.165, 1.54) is 0 Å². The zero-order chi connectivity index (χ0) is 41.3. The number of rotatable bonds is 5. The summed E-state index contributed by atoms with van der Waals surface area (Å²) in [6.45, 7) is 13.0. The molecule has 0 bridgehead atoms. The van der Waals surface area contributed by atoms with Crippen LogP contribution >= 0.6 is 0 Å². The van der Waals surface area contributed by atoms with Gasteiger partial charge in [0.25, 0.3) is 5.91 Å². The quantitative estimate of drug-likeness (QED) is 0.324. The lowest BCUT2D eigenvalue weighted by atomic mass is 9.92. The fourth-order valence-corrected chi connectivity index (χ4v) is 10.3. The Kier molecular flexibility index (Phi) is 9.83. The molecule has 15 nitrogen and oxygen atoms in total. The topological polar surface area (TPSA) is 158 Å². The largest absolute Gasteiger partial charge is 0.504 e. The molecule has 312 valence electrons. The summed E-state index contributed by atoms with van der Waals surface area (Å²) in [5.41, 5.74) is 2.82. The van der Waals surface area contributed by atoms with E-state index in [0.29, 0.717) is 68.2 Å². The molecule has 59 heavy (non-hydrogen) atoms. The molecule has 6 aliphatic rings. The van der Waals surface area contributed by atoms with Gasteiger partial charge in [0.05, 0.1) is 16.9 Å². The molecule has 7 heterocycles. The van der Waals surface area contributed by atoms with Crippen molar-refractivity contribution in [2.24, 2.45) is 5.92 Å². The van der Waals surface area contributed by atoms with Gasteiger partial charge in [0.15, 0.2) is 17.4 Å². The summed E-state index contributed by atoms with van der Waals surface area (Å²) in [4.78, 5) is 64.4. The molecule has 0 spiro atoms. The molecule has 6 aliphatic heterocycles. The van der Waals surface area contributed by atoms with E-state index in [1.807, 2.05) is 21.9 Å². The number of benzene rings is 2. The summed E-state index contributed by atoms with van der Waals surface area (Å²) >= 11 is 0. The number of anilines is 3. The van der Waals surface area contributed by atoms with Crippen LogP contribution in [0, 0.1) is 17.6 Å². The SMILES string of the molecule is C[C@@H]1CN(CC2CCN(c3ccc4c(c3)C(=O)N([C@@H]3CCC(=O)NC3=O)C4)CC2)C[C@H](C)N1C(=O)N1CCN2c3cc(-c4cc(F)cc(F)c4O)nnc3NC[C@@]2(C)C1. The minimum absolute atomic E-state index is 0.0169. The standard InChI is InChI=1S/C42H50F2N10O5/c1-24-18-49(20-26-8-10-50(11-9-26)29-5-4-27-21-52(40(58)30(27)16-29)34-6-7-36(55)46-39(34)57)19-25(2)54(24)41(59)51-12-13-53-35-17-33(31-14-28(43)15-32(44)37(31)56)47-48-38(35)45-22-42(53,3)23-51/h4-5,14-17,24-26,34,56H,6-13,18-23H2,1-3H3,(H,45,48)(H,46,55,57)/t24-,25+,34-,42+/m1/s1. The summed E-state index contributed by atoms with van der Waals surface area (Å²) < 4.78 is 28.3. The van der Waals surface area contributed by atoms with Crippen molar-refractivity contribution in [1.29, 1.82) is 0 Å². The minimum Gasteiger partial charge on any atom is -0.504 e. The summed E-state index contributed by atoms with van der Waals surface area (Å²) in [6.07, 6.45) is 2.61. The number of phenolic OH excluding ortho intramolecular Hbond substituents is 1. The van der Waals surface area contributed by atoms with Crippen LogP contribution in [0.5, 0.6) is 5.75 Å². The van der Waals surface area contributed by atoms with Crippen LogP contribution in [0.4, 0.5) is 30.8 Å². The average Bonchev–Trinajstić information content (AvgIpc) is 3.53. The van der Waals surface area contributed by atoms with E-state index in [0.717, 1.165) is 62.9 Å². The Morgan fingerprint density at radius 2 is 1.71 bits per heavy atom. The lowest BCUT2D eigenvalue weighted by Gasteiger charge is -2.54. The Labute approximate surface area is 341 Å². The highest BCUT2D eigenvalue weighted by atomic mass is 19.1. The number of carbonyl (C=O) groups excluding carboxylic acids is 4. The van der Waals surface area contributed by atoms with Gasteiger partial charge in [0, 0.05) is 107 Å². The number of aromatic hydroxyl groups is 1. The Balaban J connectivity index is 0.785. The van der Waals surface area contributed by atoms with E-state index in [2.05, 4.69) is 62.4 Å². The monoisotopic (exact) mass is 812 g/mol. The van der Waals surface area contributed by atoms with Crippen LogP contribution in [-0.2, 0) is 16.1 Å².